The lowest BCUT2D eigenvalue weighted by Gasteiger charge is -2.14. The van der Waals surface area contributed by atoms with Crippen molar-refractivity contribution in [1.82, 2.24) is 10.3 Å². The fourth-order valence-corrected chi connectivity index (χ4v) is 3.33. The summed E-state index contributed by atoms with van der Waals surface area (Å²) < 4.78 is 0. The third kappa shape index (κ3) is 3.13. The first kappa shape index (κ1) is 16.1. The molecule has 124 valence electrons. The molecule has 8 heteroatoms. The van der Waals surface area contributed by atoms with Crippen LogP contribution in [0, 0.1) is 0 Å². The number of fused-ring (bicyclic) bond motifs is 1. The maximum atomic E-state index is 12.2. The first-order valence-electron chi connectivity index (χ1n) is 7.32. The molecule has 7 nitrogen and oxygen atoms in total. The lowest BCUT2D eigenvalue weighted by molar-refractivity contribution is -0.116. The molecule has 2 amide bonds. The van der Waals surface area contributed by atoms with Gasteiger partial charge in [-0.3, -0.25) is 9.59 Å². The molecule has 0 saturated heterocycles. The minimum Gasteiger partial charge on any atom is -0.476 e. The van der Waals surface area contributed by atoms with Gasteiger partial charge in [0.1, 0.15) is 5.01 Å². The largest absolute Gasteiger partial charge is 0.476 e. The molecule has 0 atom stereocenters. The number of carbonyl (C=O) groups is 3. The van der Waals surface area contributed by atoms with Crippen molar-refractivity contribution in [2.24, 2.45) is 0 Å². The fraction of sp³-hybridized carbons (Fsp3) is 0.250. The van der Waals surface area contributed by atoms with Crippen LogP contribution in [0.5, 0.6) is 0 Å². The van der Waals surface area contributed by atoms with Crippen LogP contribution in [0.3, 0.4) is 0 Å². The molecule has 0 aliphatic carbocycles. The monoisotopic (exact) mass is 345 g/mol. The predicted octanol–water partition coefficient (Wildman–Crippen LogP) is 1.68. The zero-order valence-electron chi connectivity index (χ0n) is 12.9. The molecule has 0 bridgehead atoms. The summed E-state index contributed by atoms with van der Waals surface area (Å²) in [6.07, 6.45) is 0.727. The van der Waals surface area contributed by atoms with Crippen molar-refractivity contribution in [3.8, 4) is 0 Å². The van der Waals surface area contributed by atoms with E-state index in [1.165, 1.54) is 23.6 Å². The molecule has 1 aliphatic heterocycles. The zero-order chi connectivity index (χ0) is 17.3. The number of carboxylic acids is 1. The Balaban J connectivity index is 1.67. The number of aromatic nitrogens is 1. The highest BCUT2D eigenvalue weighted by Crippen LogP contribution is 2.28. The van der Waals surface area contributed by atoms with Crippen LogP contribution in [0.25, 0.3) is 0 Å². The van der Waals surface area contributed by atoms with Crippen molar-refractivity contribution in [3.05, 3.63) is 45.4 Å². The molecule has 2 heterocycles. The van der Waals surface area contributed by atoms with Gasteiger partial charge in [0.2, 0.25) is 5.91 Å². The van der Waals surface area contributed by atoms with Gasteiger partial charge in [-0.2, -0.15) is 0 Å². The number of nitrogens with zero attached hydrogens (tertiary/aromatic N) is 2. The second-order valence-corrected chi connectivity index (χ2v) is 6.32. The van der Waals surface area contributed by atoms with Crippen molar-refractivity contribution in [2.75, 3.05) is 11.4 Å². The molecule has 3 rings (SSSR count). The van der Waals surface area contributed by atoms with Gasteiger partial charge in [-0.1, -0.05) is 0 Å². The Morgan fingerprint density at radius 2 is 2.17 bits per heavy atom. The minimum atomic E-state index is -1.09. The van der Waals surface area contributed by atoms with Gasteiger partial charge >= 0.3 is 5.97 Å². The van der Waals surface area contributed by atoms with E-state index in [0.717, 1.165) is 17.7 Å². The topological polar surface area (TPSA) is 99.6 Å². The van der Waals surface area contributed by atoms with Gasteiger partial charge in [0, 0.05) is 30.1 Å². The van der Waals surface area contributed by atoms with Gasteiger partial charge in [0.05, 0.1) is 6.54 Å². The van der Waals surface area contributed by atoms with E-state index in [-0.39, 0.29) is 24.1 Å². The summed E-state index contributed by atoms with van der Waals surface area (Å²) in [4.78, 5) is 40.2. The van der Waals surface area contributed by atoms with Crippen LogP contribution in [0.4, 0.5) is 5.69 Å². The molecule has 0 saturated carbocycles. The lowest BCUT2D eigenvalue weighted by atomic mass is 10.1. The van der Waals surface area contributed by atoms with E-state index in [1.54, 1.807) is 23.1 Å². The van der Waals surface area contributed by atoms with E-state index >= 15 is 0 Å². The molecule has 1 aromatic carbocycles. The SMILES string of the molecule is CC(=O)N1CCc2cc(C(=O)NCc3nc(C(=O)O)cs3)ccc21. The predicted molar refractivity (Wildman–Crippen MR) is 88.4 cm³/mol. The third-order valence-electron chi connectivity index (χ3n) is 3.79. The lowest BCUT2D eigenvalue weighted by Crippen LogP contribution is -2.26. The van der Waals surface area contributed by atoms with Crippen LogP contribution in [0.2, 0.25) is 0 Å². The van der Waals surface area contributed by atoms with Crippen LogP contribution < -0.4 is 10.2 Å². The van der Waals surface area contributed by atoms with E-state index in [2.05, 4.69) is 10.3 Å². The molecule has 0 radical (unpaired) electrons. The molecule has 24 heavy (non-hydrogen) atoms. The average molecular weight is 345 g/mol. The number of hydrogen-bond acceptors (Lipinski definition) is 5. The molecule has 2 aromatic rings. The zero-order valence-corrected chi connectivity index (χ0v) is 13.7. The summed E-state index contributed by atoms with van der Waals surface area (Å²) >= 11 is 1.19. The summed E-state index contributed by atoms with van der Waals surface area (Å²) in [5.41, 5.74) is 2.31. The number of thiazole rings is 1. The number of anilines is 1. The van der Waals surface area contributed by atoms with Crippen LogP contribution in [0.15, 0.2) is 23.6 Å². The Kier molecular flexibility index (Phi) is 4.30. The van der Waals surface area contributed by atoms with Gasteiger partial charge in [0.15, 0.2) is 5.69 Å². The number of hydrogen-bond donors (Lipinski definition) is 2. The quantitative estimate of drug-likeness (QED) is 0.878. The van der Waals surface area contributed by atoms with Gasteiger partial charge in [0.25, 0.3) is 5.91 Å². The third-order valence-corrected chi connectivity index (χ3v) is 4.64. The number of amides is 2. The molecular formula is C16H15N3O4S. The van der Waals surface area contributed by atoms with Crippen molar-refractivity contribution < 1.29 is 19.5 Å². The normalized spacial score (nSPS) is 12.8. The highest BCUT2D eigenvalue weighted by Gasteiger charge is 2.23. The van der Waals surface area contributed by atoms with Gasteiger partial charge < -0.3 is 15.3 Å². The summed E-state index contributed by atoms with van der Waals surface area (Å²) in [6, 6.07) is 5.25. The number of carboxylic acid groups (broad SMARTS) is 1. The van der Waals surface area contributed by atoms with Crippen LogP contribution in [0.1, 0.15) is 38.3 Å². The molecule has 0 fully saturated rings. The van der Waals surface area contributed by atoms with Gasteiger partial charge in [-0.25, -0.2) is 9.78 Å². The standard InChI is InChI=1S/C16H15N3O4S/c1-9(20)19-5-4-10-6-11(2-3-13(10)19)15(21)17-7-14-18-12(8-24-14)16(22)23/h2-3,6,8H,4-5,7H2,1H3,(H,17,21)(H,22,23). The van der Waals surface area contributed by atoms with Gasteiger partial charge in [-0.15, -0.1) is 11.3 Å². The molecular weight excluding hydrogens is 330 g/mol. The average Bonchev–Trinajstić information content (AvgIpc) is 3.18. The summed E-state index contributed by atoms with van der Waals surface area (Å²) in [5.74, 6) is -1.35. The summed E-state index contributed by atoms with van der Waals surface area (Å²) in [6.45, 7) is 2.33. The maximum Gasteiger partial charge on any atom is 0.355 e. The molecule has 1 aromatic heterocycles. The molecule has 0 spiro atoms. The highest BCUT2D eigenvalue weighted by molar-refractivity contribution is 7.09. The number of carbonyl (C=O) groups excluding carboxylic acids is 2. The highest BCUT2D eigenvalue weighted by atomic mass is 32.1. The Bertz CT molecular complexity index is 830. The van der Waals surface area contributed by atoms with Crippen molar-refractivity contribution >= 4 is 34.8 Å². The number of aromatic carboxylic acids is 1. The van der Waals surface area contributed by atoms with E-state index in [0.29, 0.717) is 17.1 Å². The van der Waals surface area contributed by atoms with Crippen molar-refractivity contribution in [3.63, 3.8) is 0 Å². The van der Waals surface area contributed by atoms with E-state index in [1.807, 2.05) is 0 Å². The first-order chi connectivity index (χ1) is 11.5. The smallest absolute Gasteiger partial charge is 0.355 e. The van der Waals surface area contributed by atoms with Gasteiger partial charge in [-0.05, 0) is 30.2 Å². The first-order valence-corrected chi connectivity index (χ1v) is 8.20. The van der Waals surface area contributed by atoms with Crippen LogP contribution in [-0.4, -0.2) is 34.4 Å². The second-order valence-electron chi connectivity index (χ2n) is 5.38. The molecule has 2 N–H and O–H groups in total. The van der Waals surface area contributed by atoms with Crippen LogP contribution in [-0.2, 0) is 17.8 Å². The Morgan fingerprint density at radius 3 is 2.83 bits per heavy atom. The van der Waals surface area contributed by atoms with E-state index in [4.69, 9.17) is 5.11 Å². The Labute approximate surface area is 141 Å². The number of rotatable bonds is 4. The second kappa shape index (κ2) is 6.40. The Hall–Kier alpha value is -2.74. The molecule has 0 unspecified atom stereocenters. The summed E-state index contributed by atoms with van der Waals surface area (Å²) in [7, 11) is 0. The maximum absolute atomic E-state index is 12.2. The molecule has 1 aliphatic rings. The number of benzene rings is 1. The van der Waals surface area contributed by atoms with Crippen LogP contribution >= 0.6 is 11.3 Å². The van der Waals surface area contributed by atoms with Crippen molar-refractivity contribution in [2.45, 2.75) is 19.9 Å². The summed E-state index contributed by atoms with van der Waals surface area (Å²) in [5, 5.41) is 13.5. The number of nitrogens with one attached hydrogen (secondary N) is 1. The van der Waals surface area contributed by atoms with Crippen molar-refractivity contribution in [1.29, 1.82) is 0 Å². The van der Waals surface area contributed by atoms with E-state index in [9.17, 15) is 14.4 Å². The van der Waals surface area contributed by atoms with E-state index < -0.39 is 5.97 Å². The Morgan fingerprint density at radius 1 is 1.38 bits per heavy atom. The minimum absolute atomic E-state index is 0.0102. The fourth-order valence-electron chi connectivity index (χ4n) is 2.62.